The highest BCUT2D eigenvalue weighted by molar-refractivity contribution is 4.77. The molecular weight excluding hydrogens is 180 g/mol. The van der Waals surface area contributed by atoms with Crippen LogP contribution in [0, 0.1) is 0 Å². The van der Waals surface area contributed by atoms with Crippen LogP contribution in [0.15, 0.2) is 0 Å². The van der Waals surface area contributed by atoms with Crippen LogP contribution in [0.5, 0.6) is 0 Å². The largest absolute Gasteiger partial charge is 0.350 e. The van der Waals surface area contributed by atoms with Crippen molar-refractivity contribution in [1.29, 1.82) is 0 Å². The molecule has 14 heavy (non-hydrogen) atoms. The van der Waals surface area contributed by atoms with E-state index in [4.69, 9.17) is 15.2 Å². The average molecular weight is 200 g/mol. The highest BCUT2D eigenvalue weighted by Gasteiger charge is 2.28. The summed E-state index contributed by atoms with van der Waals surface area (Å²) in [6.07, 6.45) is 4.66. The molecule has 2 aliphatic heterocycles. The van der Waals surface area contributed by atoms with Crippen LogP contribution in [-0.4, -0.2) is 38.1 Å². The smallest absolute Gasteiger partial charge is 0.159 e. The van der Waals surface area contributed by atoms with Gasteiger partial charge in [-0.15, -0.1) is 0 Å². The summed E-state index contributed by atoms with van der Waals surface area (Å²) < 4.78 is 11.3. The number of hydrogen-bond donors (Lipinski definition) is 2. The Balaban J connectivity index is 1.67. The van der Waals surface area contributed by atoms with Gasteiger partial charge in [0, 0.05) is 12.5 Å². The maximum absolute atomic E-state index is 5.72. The molecule has 0 aromatic heterocycles. The summed E-state index contributed by atoms with van der Waals surface area (Å²) in [7, 11) is 0. The molecule has 4 heteroatoms. The fraction of sp³-hybridized carbons (Fsp3) is 1.00. The van der Waals surface area contributed by atoms with Gasteiger partial charge in [-0.25, -0.2) is 0 Å². The Hall–Kier alpha value is -0.160. The van der Waals surface area contributed by atoms with Crippen molar-refractivity contribution >= 4 is 0 Å². The van der Waals surface area contributed by atoms with Crippen molar-refractivity contribution in [2.75, 3.05) is 19.7 Å². The van der Waals surface area contributed by atoms with Gasteiger partial charge in [-0.05, 0) is 32.4 Å². The van der Waals surface area contributed by atoms with E-state index in [1.54, 1.807) is 0 Å². The summed E-state index contributed by atoms with van der Waals surface area (Å²) in [5.74, 6) is 0. The average Bonchev–Trinajstić information content (AvgIpc) is 2.79. The standard InChI is InChI=1S/C10H20N2O2/c11-4-3-9-7-13-10(14-9)6-8-2-1-5-12-8/h8-10,12H,1-7,11H2. The van der Waals surface area contributed by atoms with Gasteiger partial charge in [-0.2, -0.15) is 0 Å². The van der Waals surface area contributed by atoms with Crippen LogP contribution in [0.4, 0.5) is 0 Å². The van der Waals surface area contributed by atoms with Gasteiger partial charge in [0.15, 0.2) is 6.29 Å². The first-order valence-electron chi connectivity index (χ1n) is 5.59. The molecule has 0 aliphatic carbocycles. The van der Waals surface area contributed by atoms with E-state index < -0.39 is 0 Å². The van der Waals surface area contributed by atoms with E-state index in [1.165, 1.54) is 12.8 Å². The van der Waals surface area contributed by atoms with Gasteiger partial charge in [0.2, 0.25) is 0 Å². The third-order valence-electron chi connectivity index (χ3n) is 2.94. The normalized spacial score (nSPS) is 37.9. The summed E-state index contributed by atoms with van der Waals surface area (Å²) in [4.78, 5) is 0. The Morgan fingerprint density at radius 2 is 2.36 bits per heavy atom. The number of nitrogens with one attached hydrogen (secondary N) is 1. The zero-order chi connectivity index (χ0) is 9.80. The first-order valence-corrected chi connectivity index (χ1v) is 5.59. The molecule has 0 radical (unpaired) electrons. The SMILES string of the molecule is NCCC1COC(CC2CCCN2)O1. The monoisotopic (exact) mass is 200 g/mol. The van der Waals surface area contributed by atoms with Crippen molar-refractivity contribution in [3.05, 3.63) is 0 Å². The molecule has 0 aromatic rings. The van der Waals surface area contributed by atoms with Crippen molar-refractivity contribution in [2.24, 2.45) is 5.73 Å². The first kappa shape index (κ1) is 10.4. The van der Waals surface area contributed by atoms with Crippen molar-refractivity contribution in [1.82, 2.24) is 5.32 Å². The van der Waals surface area contributed by atoms with Gasteiger partial charge < -0.3 is 20.5 Å². The molecule has 0 amide bonds. The zero-order valence-electron chi connectivity index (χ0n) is 8.58. The molecule has 2 saturated heterocycles. The molecule has 0 saturated carbocycles. The first-order chi connectivity index (χ1) is 6.88. The molecule has 2 heterocycles. The van der Waals surface area contributed by atoms with E-state index in [0.717, 1.165) is 19.4 Å². The molecule has 3 N–H and O–H groups in total. The lowest BCUT2D eigenvalue weighted by Crippen LogP contribution is -2.27. The molecular formula is C10H20N2O2. The summed E-state index contributed by atoms with van der Waals surface area (Å²) >= 11 is 0. The summed E-state index contributed by atoms with van der Waals surface area (Å²) in [5.41, 5.74) is 5.47. The topological polar surface area (TPSA) is 56.5 Å². The Morgan fingerprint density at radius 3 is 3.07 bits per heavy atom. The van der Waals surface area contributed by atoms with Gasteiger partial charge in [0.25, 0.3) is 0 Å². The van der Waals surface area contributed by atoms with Gasteiger partial charge in [0.1, 0.15) is 0 Å². The third kappa shape index (κ3) is 2.67. The lowest BCUT2D eigenvalue weighted by atomic mass is 10.1. The molecule has 2 fully saturated rings. The predicted molar refractivity (Wildman–Crippen MR) is 53.9 cm³/mol. The van der Waals surface area contributed by atoms with E-state index in [2.05, 4.69) is 5.32 Å². The van der Waals surface area contributed by atoms with Crippen molar-refractivity contribution in [3.8, 4) is 0 Å². The summed E-state index contributed by atoms with van der Waals surface area (Å²) in [6.45, 7) is 2.54. The Kier molecular flexibility index (Phi) is 3.75. The second-order valence-corrected chi connectivity index (χ2v) is 4.13. The van der Waals surface area contributed by atoms with Crippen LogP contribution in [0.1, 0.15) is 25.7 Å². The van der Waals surface area contributed by atoms with Crippen LogP contribution < -0.4 is 11.1 Å². The van der Waals surface area contributed by atoms with Crippen molar-refractivity contribution < 1.29 is 9.47 Å². The Bertz CT molecular complexity index is 172. The van der Waals surface area contributed by atoms with Gasteiger partial charge in [-0.3, -0.25) is 0 Å². The number of hydrogen-bond acceptors (Lipinski definition) is 4. The lowest BCUT2D eigenvalue weighted by molar-refractivity contribution is -0.0670. The van der Waals surface area contributed by atoms with Crippen LogP contribution >= 0.6 is 0 Å². The molecule has 3 atom stereocenters. The van der Waals surface area contributed by atoms with Crippen molar-refractivity contribution in [2.45, 2.75) is 44.1 Å². The van der Waals surface area contributed by atoms with E-state index >= 15 is 0 Å². The molecule has 3 unspecified atom stereocenters. The second kappa shape index (κ2) is 5.07. The quantitative estimate of drug-likeness (QED) is 0.681. The molecule has 4 nitrogen and oxygen atoms in total. The molecule has 2 rings (SSSR count). The van der Waals surface area contributed by atoms with E-state index in [-0.39, 0.29) is 12.4 Å². The number of rotatable bonds is 4. The predicted octanol–water partition coefficient (Wildman–Crippen LogP) is 0.219. The fourth-order valence-corrected chi connectivity index (χ4v) is 2.16. The second-order valence-electron chi connectivity index (χ2n) is 4.13. The van der Waals surface area contributed by atoms with Gasteiger partial charge >= 0.3 is 0 Å². The Labute approximate surface area is 85.1 Å². The van der Waals surface area contributed by atoms with Crippen LogP contribution in [0.2, 0.25) is 0 Å². The van der Waals surface area contributed by atoms with E-state index in [9.17, 15) is 0 Å². The molecule has 0 bridgehead atoms. The maximum atomic E-state index is 5.72. The minimum atomic E-state index is 0.00199. The van der Waals surface area contributed by atoms with Gasteiger partial charge in [0.05, 0.1) is 12.7 Å². The molecule has 0 spiro atoms. The fourth-order valence-electron chi connectivity index (χ4n) is 2.16. The van der Waals surface area contributed by atoms with Crippen LogP contribution in [0.3, 0.4) is 0 Å². The maximum Gasteiger partial charge on any atom is 0.159 e. The summed E-state index contributed by atoms with van der Waals surface area (Å²) in [6, 6.07) is 0.594. The number of ether oxygens (including phenoxy) is 2. The molecule has 0 aromatic carbocycles. The van der Waals surface area contributed by atoms with Crippen molar-refractivity contribution in [3.63, 3.8) is 0 Å². The molecule has 82 valence electrons. The Morgan fingerprint density at radius 1 is 1.43 bits per heavy atom. The van der Waals surface area contributed by atoms with Gasteiger partial charge in [-0.1, -0.05) is 0 Å². The van der Waals surface area contributed by atoms with E-state index in [0.29, 0.717) is 19.2 Å². The van der Waals surface area contributed by atoms with E-state index in [1.807, 2.05) is 0 Å². The third-order valence-corrected chi connectivity index (χ3v) is 2.94. The number of nitrogens with two attached hydrogens (primary N) is 1. The minimum Gasteiger partial charge on any atom is -0.350 e. The molecule has 2 aliphatic rings. The summed E-state index contributed by atoms with van der Waals surface area (Å²) in [5, 5.41) is 3.45. The lowest BCUT2D eigenvalue weighted by Gasteiger charge is -2.15. The minimum absolute atomic E-state index is 0.00199. The highest BCUT2D eigenvalue weighted by atomic mass is 16.7. The zero-order valence-corrected chi connectivity index (χ0v) is 8.58. The van der Waals surface area contributed by atoms with Crippen LogP contribution in [0.25, 0.3) is 0 Å². The highest BCUT2D eigenvalue weighted by Crippen LogP contribution is 2.20. The van der Waals surface area contributed by atoms with Crippen LogP contribution in [-0.2, 0) is 9.47 Å².